The Bertz CT molecular complexity index is 1250. The fraction of sp³-hybridized carbons (Fsp3) is 0.269. The van der Waals surface area contributed by atoms with Crippen molar-refractivity contribution >= 4 is 52.4 Å². The molecule has 2 aliphatic heterocycles. The largest absolute Gasteiger partial charge is 0.371 e. The molecular weight excluding hydrogens is 501 g/mol. The highest BCUT2D eigenvalue weighted by atomic mass is 35.5. The van der Waals surface area contributed by atoms with Crippen LogP contribution in [-0.4, -0.2) is 59.7 Å². The van der Waals surface area contributed by atoms with Gasteiger partial charge in [-0.1, -0.05) is 23.7 Å². The molecule has 2 aliphatic rings. The monoisotopic (exact) mass is 525 g/mol. The predicted molar refractivity (Wildman–Crippen MR) is 142 cm³/mol. The number of carbonyl (C=O) groups is 2. The quantitative estimate of drug-likeness (QED) is 0.493. The van der Waals surface area contributed by atoms with Crippen molar-refractivity contribution in [3.05, 3.63) is 82.8 Å². The number of halogens is 2. The van der Waals surface area contributed by atoms with Crippen LogP contribution in [0.5, 0.6) is 0 Å². The van der Waals surface area contributed by atoms with Gasteiger partial charge in [-0.3, -0.25) is 9.59 Å². The molecule has 2 amide bonds. The molecule has 186 valence electrons. The number of fused-ring (bicyclic) bond motifs is 1. The van der Waals surface area contributed by atoms with Gasteiger partial charge in [0.2, 0.25) is 5.91 Å². The van der Waals surface area contributed by atoms with Crippen molar-refractivity contribution in [1.82, 2.24) is 9.88 Å². The molecule has 0 spiro atoms. The molecule has 0 aliphatic carbocycles. The zero-order chi connectivity index (χ0) is 25.1. The normalized spacial score (nSPS) is 17.3. The maximum absolute atomic E-state index is 14.0. The van der Waals surface area contributed by atoms with Crippen molar-refractivity contribution in [3.63, 3.8) is 0 Å². The second kappa shape index (κ2) is 10.8. The van der Waals surface area contributed by atoms with Crippen molar-refractivity contribution in [2.24, 2.45) is 0 Å². The van der Waals surface area contributed by atoms with Crippen LogP contribution in [-0.2, 0) is 10.5 Å². The first kappa shape index (κ1) is 24.4. The zero-order valence-electron chi connectivity index (χ0n) is 19.4. The Morgan fingerprint density at radius 3 is 2.67 bits per heavy atom. The van der Waals surface area contributed by atoms with E-state index in [0.29, 0.717) is 59.5 Å². The number of piperazine rings is 1. The van der Waals surface area contributed by atoms with E-state index in [2.05, 4.69) is 20.5 Å². The number of hydrogen-bond acceptors (Lipinski definition) is 6. The third kappa shape index (κ3) is 5.27. The second-order valence-corrected chi connectivity index (χ2v) is 10.1. The van der Waals surface area contributed by atoms with Gasteiger partial charge in [-0.2, -0.15) is 11.8 Å². The molecule has 5 rings (SSSR count). The number of rotatable bonds is 6. The molecular formula is C26H25ClFN5O2S. The first-order chi connectivity index (χ1) is 17.5. The minimum absolute atomic E-state index is 0.0628. The maximum Gasteiger partial charge on any atom is 0.254 e. The Balaban J connectivity index is 1.18. The van der Waals surface area contributed by atoms with Gasteiger partial charge in [0.25, 0.3) is 5.91 Å². The fourth-order valence-electron chi connectivity index (χ4n) is 4.31. The number of aromatic nitrogens is 1. The summed E-state index contributed by atoms with van der Waals surface area (Å²) in [6.45, 7) is 2.62. The number of anilines is 3. The second-order valence-electron chi connectivity index (χ2n) is 8.63. The molecule has 0 unspecified atom stereocenters. The van der Waals surface area contributed by atoms with Crippen LogP contribution < -0.4 is 15.5 Å². The van der Waals surface area contributed by atoms with Crippen LogP contribution in [0.25, 0.3) is 0 Å². The van der Waals surface area contributed by atoms with Crippen molar-refractivity contribution < 1.29 is 14.0 Å². The average Bonchev–Trinajstić information content (AvgIpc) is 2.90. The smallest absolute Gasteiger partial charge is 0.254 e. The minimum Gasteiger partial charge on any atom is -0.371 e. The van der Waals surface area contributed by atoms with E-state index in [4.69, 9.17) is 11.6 Å². The molecule has 3 aromatic rings. The van der Waals surface area contributed by atoms with Gasteiger partial charge >= 0.3 is 0 Å². The van der Waals surface area contributed by atoms with Gasteiger partial charge in [-0.05, 0) is 42.5 Å². The lowest BCUT2D eigenvalue weighted by atomic mass is 10.1. The molecule has 1 atom stereocenters. The molecule has 0 bridgehead atoms. The van der Waals surface area contributed by atoms with Crippen LogP contribution in [0.15, 0.2) is 60.8 Å². The summed E-state index contributed by atoms with van der Waals surface area (Å²) < 4.78 is 14.0. The molecule has 1 fully saturated rings. The van der Waals surface area contributed by atoms with Gasteiger partial charge in [0.15, 0.2) is 0 Å². The van der Waals surface area contributed by atoms with Crippen molar-refractivity contribution in [3.8, 4) is 0 Å². The molecule has 2 aromatic carbocycles. The van der Waals surface area contributed by atoms with Crippen molar-refractivity contribution in [2.75, 3.05) is 47.5 Å². The Morgan fingerprint density at radius 1 is 1.08 bits per heavy atom. The van der Waals surface area contributed by atoms with Gasteiger partial charge in [0.05, 0.1) is 11.4 Å². The molecule has 0 radical (unpaired) electrons. The number of amides is 2. The number of benzene rings is 2. The van der Waals surface area contributed by atoms with E-state index in [1.54, 1.807) is 30.5 Å². The minimum atomic E-state index is -0.478. The molecule has 3 heterocycles. The third-order valence-corrected chi connectivity index (χ3v) is 7.72. The number of carbonyl (C=O) groups excluding carboxylic acids is 2. The standard InChI is InChI=1S/C26H25ClFN5O2S/c27-19-4-3-5-20(28)18(19)15-36-16-23-25(34)31-22-14-17(7-8-21(22)30-23)26(35)33-12-10-32(11-13-33)24-6-1-2-9-29-24/h1-9,14,23,30H,10-13,15-16H2,(H,31,34)/t23-/m0/s1. The van der Waals surface area contributed by atoms with Crippen LogP contribution in [0.3, 0.4) is 0 Å². The summed E-state index contributed by atoms with van der Waals surface area (Å²) in [6, 6.07) is 15.2. The molecule has 2 N–H and O–H groups in total. The van der Waals surface area contributed by atoms with Gasteiger partial charge in [0, 0.05) is 60.0 Å². The zero-order valence-corrected chi connectivity index (χ0v) is 21.0. The molecule has 1 aromatic heterocycles. The average molecular weight is 526 g/mol. The molecule has 36 heavy (non-hydrogen) atoms. The number of pyridine rings is 1. The summed E-state index contributed by atoms with van der Waals surface area (Å²) >= 11 is 7.52. The van der Waals surface area contributed by atoms with Gasteiger partial charge in [-0.25, -0.2) is 9.37 Å². The summed E-state index contributed by atoms with van der Waals surface area (Å²) in [4.78, 5) is 34.2. The first-order valence-electron chi connectivity index (χ1n) is 11.7. The highest BCUT2D eigenvalue weighted by Gasteiger charge is 2.28. The number of thioether (sulfide) groups is 1. The number of hydrogen-bond donors (Lipinski definition) is 2. The van der Waals surface area contributed by atoms with E-state index >= 15 is 0 Å². The maximum atomic E-state index is 14.0. The lowest BCUT2D eigenvalue weighted by Crippen LogP contribution is -2.49. The first-order valence-corrected chi connectivity index (χ1v) is 13.2. The summed E-state index contributed by atoms with van der Waals surface area (Å²) in [5.74, 6) is 1.12. The Morgan fingerprint density at radius 2 is 1.92 bits per heavy atom. The molecule has 10 heteroatoms. The van der Waals surface area contributed by atoms with Gasteiger partial charge in [-0.15, -0.1) is 0 Å². The van der Waals surface area contributed by atoms with Crippen LogP contribution in [0.2, 0.25) is 5.02 Å². The van der Waals surface area contributed by atoms with Crippen molar-refractivity contribution in [1.29, 1.82) is 0 Å². The van der Waals surface area contributed by atoms with E-state index < -0.39 is 6.04 Å². The Hall–Kier alpha value is -3.30. The number of nitrogens with zero attached hydrogens (tertiary/aromatic N) is 3. The summed E-state index contributed by atoms with van der Waals surface area (Å²) in [7, 11) is 0. The van der Waals surface area contributed by atoms with E-state index in [0.717, 1.165) is 11.5 Å². The molecule has 1 saturated heterocycles. The lowest BCUT2D eigenvalue weighted by molar-refractivity contribution is -0.116. The Labute approximate surface area is 218 Å². The summed E-state index contributed by atoms with van der Waals surface area (Å²) in [5.41, 5.74) is 2.30. The van der Waals surface area contributed by atoms with Crippen LogP contribution in [0.4, 0.5) is 21.6 Å². The SMILES string of the molecule is O=C1Nc2cc(C(=O)N3CCN(c4ccccn4)CC3)ccc2N[C@H]1CSCc1c(F)cccc1Cl. The topological polar surface area (TPSA) is 77.6 Å². The van der Waals surface area contributed by atoms with E-state index in [1.165, 1.54) is 17.8 Å². The lowest BCUT2D eigenvalue weighted by Gasteiger charge is -2.35. The predicted octanol–water partition coefficient (Wildman–Crippen LogP) is 4.50. The van der Waals surface area contributed by atoms with Crippen LogP contribution >= 0.6 is 23.4 Å². The van der Waals surface area contributed by atoms with Gasteiger partial charge in [0.1, 0.15) is 17.7 Å². The highest BCUT2D eigenvalue weighted by Crippen LogP contribution is 2.31. The van der Waals surface area contributed by atoms with Crippen molar-refractivity contribution in [2.45, 2.75) is 11.8 Å². The van der Waals surface area contributed by atoms with E-state index in [1.807, 2.05) is 29.2 Å². The van der Waals surface area contributed by atoms with Crippen LogP contribution in [0, 0.1) is 5.82 Å². The Kier molecular flexibility index (Phi) is 7.29. The highest BCUT2D eigenvalue weighted by molar-refractivity contribution is 7.98. The third-order valence-electron chi connectivity index (χ3n) is 6.30. The summed E-state index contributed by atoms with van der Waals surface area (Å²) in [5, 5.41) is 6.52. The van der Waals surface area contributed by atoms with E-state index in [-0.39, 0.29) is 17.6 Å². The van der Waals surface area contributed by atoms with E-state index in [9.17, 15) is 14.0 Å². The van der Waals surface area contributed by atoms with Crippen LogP contribution in [0.1, 0.15) is 15.9 Å². The molecule has 7 nitrogen and oxygen atoms in total. The molecule has 0 saturated carbocycles. The van der Waals surface area contributed by atoms with Gasteiger partial charge < -0.3 is 20.4 Å². The fourth-order valence-corrected chi connectivity index (χ4v) is 5.70. The number of nitrogens with one attached hydrogen (secondary N) is 2. The summed E-state index contributed by atoms with van der Waals surface area (Å²) in [6.07, 6.45) is 1.77.